The van der Waals surface area contributed by atoms with Gasteiger partial charge in [0.1, 0.15) is 12.2 Å². The highest BCUT2D eigenvalue weighted by Gasteiger charge is 2.14. The average molecular weight is 352 g/mol. The van der Waals surface area contributed by atoms with Gasteiger partial charge >= 0.3 is 5.97 Å². The summed E-state index contributed by atoms with van der Waals surface area (Å²) in [5.74, 6) is -0.670. The molecular formula is C19H16N2O3S. The highest BCUT2D eigenvalue weighted by atomic mass is 32.1. The molecule has 1 aromatic heterocycles. The van der Waals surface area contributed by atoms with Gasteiger partial charge in [0.15, 0.2) is 0 Å². The predicted molar refractivity (Wildman–Crippen MR) is 99.5 cm³/mol. The van der Waals surface area contributed by atoms with Crippen LogP contribution >= 0.6 is 11.3 Å². The largest absolute Gasteiger partial charge is 0.426 e. The number of rotatable bonds is 5. The van der Waals surface area contributed by atoms with E-state index in [0.717, 1.165) is 11.1 Å². The molecule has 0 aliphatic carbocycles. The molecule has 0 radical (unpaired) electrons. The van der Waals surface area contributed by atoms with E-state index in [0.29, 0.717) is 17.1 Å². The molecule has 0 atom stereocenters. The summed E-state index contributed by atoms with van der Waals surface area (Å²) in [6, 6.07) is 15.9. The van der Waals surface area contributed by atoms with E-state index in [1.807, 2.05) is 29.0 Å². The molecule has 1 heterocycles. The van der Waals surface area contributed by atoms with Crippen LogP contribution in [-0.4, -0.2) is 11.9 Å². The van der Waals surface area contributed by atoms with Gasteiger partial charge in [-0.15, -0.1) is 0 Å². The van der Waals surface area contributed by atoms with Gasteiger partial charge in [-0.25, -0.2) is 0 Å². The minimum absolute atomic E-state index is 0.382. The summed E-state index contributed by atoms with van der Waals surface area (Å²) in [5.41, 5.74) is 8.74. The van der Waals surface area contributed by atoms with E-state index in [4.69, 9.17) is 10.5 Å². The number of hydrogen-bond acceptors (Lipinski definition) is 5. The summed E-state index contributed by atoms with van der Waals surface area (Å²) in [4.78, 5) is 24.1. The van der Waals surface area contributed by atoms with Crippen molar-refractivity contribution in [3.63, 3.8) is 0 Å². The molecule has 0 unspecified atom stereocenters. The smallest absolute Gasteiger partial charge is 0.320 e. The molecule has 0 spiro atoms. The van der Waals surface area contributed by atoms with Gasteiger partial charge in [-0.2, -0.15) is 11.3 Å². The number of para-hydroxylation sites is 1. The van der Waals surface area contributed by atoms with Crippen LogP contribution in [0.15, 0.2) is 65.4 Å². The van der Waals surface area contributed by atoms with E-state index >= 15 is 0 Å². The number of ether oxygens (including phenoxy) is 1. The topological polar surface area (TPSA) is 81.4 Å². The molecule has 5 nitrogen and oxygen atoms in total. The molecule has 0 saturated heterocycles. The molecule has 3 N–H and O–H groups in total. The molecule has 0 fully saturated rings. The Hall–Kier alpha value is -3.12. The van der Waals surface area contributed by atoms with E-state index < -0.39 is 11.9 Å². The number of carbonyl (C=O) groups excluding carboxylic acids is 2. The second kappa shape index (κ2) is 7.63. The lowest BCUT2D eigenvalue weighted by Crippen LogP contribution is -2.20. The van der Waals surface area contributed by atoms with Crippen molar-refractivity contribution < 1.29 is 14.3 Å². The Morgan fingerprint density at radius 2 is 1.88 bits per heavy atom. The minimum Gasteiger partial charge on any atom is -0.426 e. The molecule has 0 aliphatic rings. The van der Waals surface area contributed by atoms with E-state index in [1.165, 1.54) is 0 Å². The Morgan fingerprint density at radius 1 is 1.08 bits per heavy atom. The summed E-state index contributed by atoms with van der Waals surface area (Å²) in [5, 5.41) is 6.67. The van der Waals surface area contributed by atoms with Crippen LogP contribution < -0.4 is 15.8 Å². The van der Waals surface area contributed by atoms with Crippen LogP contribution in [0.5, 0.6) is 5.75 Å². The second-order valence-electron chi connectivity index (χ2n) is 5.33. The number of nitrogen functional groups attached to an aromatic ring is 1. The second-order valence-corrected chi connectivity index (χ2v) is 6.11. The van der Waals surface area contributed by atoms with Gasteiger partial charge in [0.2, 0.25) is 5.91 Å². The third-order valence-corrected chi connectivity index (χ3v) is 4.11. The molecule has 0 aliphatic heterocycles. The van der Waals surface area contributed by atoms with Crippen LogP contribution in [0.4, 0.5) is 11.4 Å². The number of hydrogen-bond donors (Lipinski definition) is 2. The maximum absolute atomic E-state index is 12.2. The van der Waals surface area contributed by atoms with Crippen molar-refractivity contribution in [1.82, 2.24) is 0 Å². The first-order valence-electron chi connectivity index (χ1n) is 7.59. The normalized spacial score (nSPS) is 10.2. The summed E-state index contributed by atoms with van der Waals surface area (Å²) < 4.78 is 5.13. The third kappa shape index (κ3) is 4.45. The van der Waals surface area contributed by atoms with Crippen LogP contribution in [0, 0.1) is 0 Å². The molecular weight excluding hydrogens is 336 g/mol. The van der Waals surface area contributed by atoms with Crippen molar-refractivity contribution >= 4 is 34.6 Å². The Morgan fingerprint density at radius 3 is 2.60 bits per heavy atom. The summed E-state index contributed by atoms with van der Waals surface area (Å²) in [7, 11) is 0. The van der Waals surface area contributed by atoms with Crippen molar-refractivity contribution in [1.29, 1.82) is 0 Å². The zero-order valence-corrected chi connectivity index (χ0v) is 14.1. The first kappa shape index (κ1) is 16.7. The minimum atomic E-state index is -0.621. The van der Waals surface area contributed by atoms with Crippen molar-refractivity contribution in [3.8, 4) is 16.9 Å². The monoisotopic (exact) mass is 352 g/mol. The highest BCUT2D eigenvalue weighted by molar-refractivity contribution is 7.08. The highest BCUT2D eigenvalue weighted by Crippen LogP contribution is 2.31. The van der Waals surface area contributed by atoms with Gasteiger partial charge < -0.3 is 15.8 Å². The molecule has 0 saturated carbocycles. The number of nitrogens with two attached hydrogens (primary N) is 1. The zero-order chi connectivity index (χ0) is 17.6. The van der Waals surface area contributed by atoms with Gasteiger partial charge in [0.05, 0.1) is 5.69 Å². The zero-order valence-electron chi connectivity index (χ0n) is 13.3. The Kier molecular flexibility index (Phi) is 5.11. The third-order valence-electron chi connectivity index (χ3n) is 3.43. The summed E-state index contributed by atoms with van der Waals surface area (Å²) in [6.45, 7) is 0. The van der Waals surface area contributed by atoms with Gasteiger partial charge in [0, 0.05) is 11.3 Å². The van der Waals surface area contributed by atoms with Gasteiger partial charge in [-0.3, -0.25) is 9.59 Å². The van der Waals surface area contributed by atoms with E-state index in [-0.39, 0.29) is 6.42 Å². The van der Waals surface area contributed by atoms with Gasteiger partial charge in [-0.1, -0.05) is 24.3 Å². The number of thiophene rings is 1. The number of amides is 1. The van der Waals surface area contributed by atoms with Crippen LogP contribution in [0.3, 0.4) is 0 Å². The van der Waals surface area contributed by atoms with E-state index in [2.05, 4.69) is 5.32 Å². The summed E-state index contributed by atoms with van der Waals surface area (Å²) in [6.07, 6.45) is -0.382. The van der Waals surface area contributed by atoms with Gasteiger partial charge in [-0.05, 0) is 46.7 Å². The Balaban J connectivity index is 1.69. The number of esters is 1. The quantitative estimate of drug-likeness (QED) is 0.315. The molecule has 3 aromatic rings. The fourth-order valence-corrected chi connectivity index (χ4v) is 2.97. The van der Waals surface area contributed by atoms with Crippen molar-refractivity contribution in [2.75, 3.05) is 11.1 Å². The SMILES string of the molecule is Nc1ccc(-c2ccsc2)c(NC(=O)CC(=O)Oc2ccccc2)c1. The standard InChI is InChI=1S/C19H16N2O3S/c20-14-6-7-16(13-8-9-25-12-13)17(10-14)21-18(22)11-19(23)24-15-4-2-1-3-5-15/h1-10,12H,11,20H2,(H,21,22). The summed E-state index contributed by atoms with van der Waals surface area (Å²) >= 11 is 1.56. The maximum Gasteiger partial charge on any atom is 0.320 e. The first-order valence-corrected chi connectivity index (χ1v) is 8.54. The molecule has 6 heteroatoms. The molecule has 3 rings (SSSR count). The van der Waals surface area contributed by atoms with Gasteiger partial charge in [0.25, 0.3) is 0 Å². The first-order chi connectivity index (χ1) is 12.1. The number of carbonyl (C=O) groups is 2. The van der Waals surface area contributed by atoms with E-state index in [1.54, 1.807) is 47.7 Å². The Labute approximate surface area is 149 Å². The maximum atomic E-state index is 12.2. The van der Waals surface area contributed by atoms with Crippen LogP contribution in [0.25, 0.3) is 11.1 Å². The molecule has 0 bridgehead atoms. The average Bonchev–Trinajstić information content (AvgIpc) is 3.10. The van der Waals surface area contributed by atoms with Crippen LogP contribution in [0.1, 0.15) is 6.42 Å². The fourth-order valence-electron chi connectivity index (χ4n) is 2.32. The fraction of sp³-hybridized carbons (Fsp3) is 0.0526. The van der Waals surface area contributed by atoms with Crippen molar-refractivity contribution in [2.24, 2.45) is 0 Å². The van der Waals surface area contributed by atoms with Crippen molar-refractivity contribution in [3.05, 3.63) is 65.4 Å². The molecule has 2 aromatic carbocycles. The number of anilines is 2. The Bertz CT molecular complexity index is 877. The molecule has 25 heavy (non-hydrogen) atoms. The van der Waals surface area contributed by atoms with Crippen LogP contribution in [-0.2, 0) is 9.59 Å². The van der Waals surface area contributed by atoms with Crippen LogP contribution in [0.2, 0.25) is 0 Å². The van der Waals surface area contributed by atoms with E-state index in [9.17, 15) is 9.59 Å². The number of nitrogens with one attached hydrogen (secondary N) is 1. The van der Waals surface area contributed by atoms with Crippen molar-refractivity contribution in [2.45, 2.75) is 6.42 Å². The lowest BCUT2D eigenvalue weighted by atomic mass is 10.1. The lowest BCUT2D eigenvalue weighted by molar-refractivity contribution is -0.137. The lowest BCUT2D eigenvalue weighted by Gasteiger charge is -2.11. The molecule has 126 valence electrons. The number of benzene rings is 2. The predicted octanol–water partition coefficient (Wildman–Crippen LogP) is 3.93. The molecule has 1 amide bonds.